The average Bonchev–Trinajstić information content (AvgIpc) is 2.79. The minimum Gasteiger partial charge on any atom is -0.397 e. The number of rotatable bonds is 4. The molecule has 1 fully saturated rings. The predicted octanol–water partition coefficient (Wildman–Crippen LogP) is 1.65. The third kappa shape index (κ3) is 2.98. The summed E-state index contributed by atoms with van der Waals surface area (Å²) in [5.74, 6) is 0.109. The molecule has 1 aliphatic heterocycles. The lowest BCUT2D eigenvalue weighted by Crippen LogP contribution is -2.53. The minimum atomic E-state index is 0.109. The van der Waals surface area contributed by atoms with Crippen LogP contribution in [0.1, 0.15) is 37.7 Å². The topological polar surface area (TPSA) is 54.5 Å². The van der Waals surface area contributed by atoms with Gasteiger partial charge in [0.25, 0.3) is 5.91 Å². The first-order valence-corrected chi connectivity index (χ1v) is 7.55. The van der Waals surface area contributed by atoms with Crippen LogP contribution in [0, 0.1) is 0 Å². The number of piperazine rings is 1. The van der Waals surface area contributed by atoms with Crippen LogP contribution in [-0.4, -0.2) is 52.5 Å². The van der Waals surface area contributed by atoms with Gasteiger partial charge < -0.3 is 15.2 Å². The van der Waals surface area contributed by atoms with Crippen molar-refractivity contribution >= 4 is 11.6 Å². The van der Waals surface area contributed by atoms with Gasteiger partial charge >= 0.3 is 0 Å². The largest absolute Gasteiger partial charge is 0.397 e. The molecule has 0 aliphatic carbocycles. The van der Waals surface area contributed by atoms with Crippen LogP contribution in [0.25, 0.3) is 0 Å². The Morgan fingerprint density at radius 2 is 2.15 bits per heavy atom. The van der Waals surface area contributed by atoms with Gasteiger partial charge in [-0.15, -0.1) is 0 Å². The molecule has 112 valence electrons. The number of anilines is 1. The van der Waals surface area contributed by atoms with E-state index in [0.717, 1.165) is 44.8 Å². The molecular formula is C15H26N4O. The van der Waals surface area contributed by atoms with Crippen LogP contribution in [0.5, 0.6) is 0 Å². The van der Waals surface area contributed by atoms with Crippen LogP contribution in [-0.2, 0) is 6.54 Å². The summed E-state index contributed by atoms with van der Waals surface area (Å²) >= 11 is 0. The number of nitrogens with two attached hydrogens (primary N) is 1. The summed E-state index contributed by atoms with van der Waals surface area (Å²) < 4.78 is 1.98. The number of aromatic nitrogens is 1. The van der Waals surface area contributed by atoms with Gasteiger partial charge in [-0.05, 0) is 26.0 Å². The molecule has 1 saturated heterocycles. The Morgan fingerprint density at radius 1 is 1.40 bits per heavy atom. The third-order valence-corrected chi connectivity index (χ3v) is 4.06. The molecule has 5 nitrogen and oxygen atoms in total. The molecule has 0 saturated carbocycles. The fourth-order valence-electron chi connectivity index (χ4n) is 2.95. The summed E-state index contributed by atoms with van der Waals surface area (Å²) in [5, 5.41) is 0. The van der Waals surface area contributed by atoms with Crippen molar-refractivity contribution < 1.29 is 4.79 Å². The number of carbonyl (C=O) groups is 1. The molecule has 1 aromatic rings. The van der Waals surface area contributed by atoms with Crippen LogP contribution >= 0.6 is 0 Å². The molecule has 0 bridgehead atoms. The molecule has 5 heteroatoms. The molecular weight excluding hydrogens is 252 g/mol. The molecule has 1 atom stereocenters. The third-order valence-electron chi connectivity index (χ3n) is 4.06. The number of carbonyl (C=O) groups excluding carboxylic acids is 1. The van der Waals surface area contributed by atoms with Crippen LogP contribution in [0.15, 0.2) is 12.3 Å². The van der Waals surface area contributed by atoms with Crippen LogP contribution in [0.3, 0.4) is 0 Å². The Hall–Kier alpha value is -1.49. The van der Waals surface area contributed by atoms with Gasteiger partial charge in [0.1, 0.15) is 5.69 Å². The zero-order chi connectivity index (χ0) is 14.7. The van der Waals surface area contributed by atoms with Crippen molar-refractivity contribution in [3.8, 4) is 0 Å². The normalized spacial score (nSPS) is 20.4. The van der Waals surface area contributed by atoms with Gasteiger partial charge in [0.15, 0.2) is 0 Å². The number of likely N-dealkylation sites (N-methyl/N-ethyl adjacent to an activating group) is 1. The second kappa shape index (κ2) is 6.31. The Bertz CT molecular complexity index is 468. The minimum absolute atomic E-state index is 0.109. The summed E-state index contributed by atoms with van der Waals surface area (Å²) in [5.41, 5.74) is 7.24. The molecule has 0 radical (unpaired) electrons. The van der Waals surface area contributed by atoms with E-state index in [1.807, 2.05) is 15.7 Å². The summed E-state index contributed by atoms with van der Waals surface area (Å²) in [6.07, 6.45) is 2.86. The second-order valence-corrected chi connectivity index (χ2v) is 5.58. The highest BCUT2D eigenvalue weighted by Crippen LogP contribution is 2.17. The molecule has 1 aromatic heterocycles. The molecule has 1 unspecified atom stereocenters. The number of amides is 1. The number of aryl methyl sites for hydroxylation is 1. The number of nitrogens with zero attached hydrogens (tertiary/aromatic N) is 3. The molecule has 20 heavy (non-hydrogen) atoms. The summed E-state index contributed by atoms with van der Waals surface area (Å²) in [4.78, 5) is 17.0. The SMILES string of the molecule is CCCn1cc(N)cc1C(=O)N1CCN(CC)C(C)C1. The first-order valence-electron chi connectivity index (χ1n) is 7.55. The number of hydrogen-bond acceptors (Lipinski definition) is 3. The Balaban J connectivity index is 2.12. The van der Waals surface area contributed by atoms with Crippen molar-refractivity contribution in [2.24, 2.45) is 0 Å². The maximum atomic E-state index is 12.7. The monoisotopic (exact) mass is 278 g/mol. The van der Waals surface area contributed by atoms with Crippen molar-refractivity contribution in [2.45, 2.75) is 39.8 Å². The summed E-state index contributed by atoms with van der Waals surface area (Å²) in [6.45, 7) is 10.9. The standard InChI is InChI=1S/C15H26N4O/c1-4-6-18-11-13(16)9-14(18)15(20)19-8-7-17(5-2)12(3)10-19/h9,11-12H,4-8,10,16H2,1-3H3. The van der Waals surface area contributed by atoms with Crippen molar-refractivity contribution in [3.63, 3.8) is 0 Å². The first kappa shape index (κ1) is 14.9. The Labute approximate surface area is 121 Å². The van der Waals surface area contributed by atoms with E-state index in [-0.39, 0.29) is 5.91 Å². The lowest BCUT2D eigenvalue weighted by molar-refractivity contribution is 0.0518. The van der Waals surface area contributed by atoms with E-state index in [4.69, 9.17) is 5.73 Å². The van der Waals surface area contributed by atoms with Crippen molar-refractivity contribution in [2.75, 3.05) is 31.9 Å². The maximum absolute atomic E-state index is 12.7. The van der Waals surface area contributed by atoms with E-state index in [0.29, 0.717) is 11.7 Å². The smallest absolute Gasteiger partial charge is 0.270 e. The van der Waals surface area contributed by atoms with E-state index in [1.54, 1.807) is 6.07 Å². The van der Waals surface area contributed by atoms with Crippen LogP contribution < -0.4 is 5.73 Å². The molecule has 1 amide bonds. The van der Waals surface area contributed by atoms with Gasteiger partial charge in [-0.25, -0.2) is 0 Å². The summed E-state index contributed by atoms with van der Waals surface area (Å²) in [6, 6.07) is 2.22. The van der Waals surface area contributed by atoms with Gasteiger partial charge in [0.2, 0.25) is 0 Å². The highest BCUT2D eigenvalue weighted by atomic mass is 16.2. The highest BCUT2D eigenvalue weighted by Gasteiger charge is 2.27. The average molecular weight is 278 g/mol. The number of hydrogen-bond donors (Lipinski definition) is 1. The molecule has 0 aromatic carbocycles. The van der Waals surface area contributed by atoms with Gasteiger partial charge in [0.05, 0.1) is 5.69 Å². The second-order valence-electron chi connectivity index (χ2n) is 5.58. The van der Waals surface area contributed by atoms with Crippen molar-refractivity contribution in [1.29, 1.82) is 0 Å². The van der Waals surface area contributed by atoms with Crippen LogP contribution in [0.4, 0.5) is 5.69 Å². The van der Waals surface area contributed by atoms with E-state index in [2.05, 4.69) is 25.7 Å². The lowest BCUT2D eigenvalue weighted by atomic mass is 10.2. The van der Waals surface area contributed by atoms with Gasteiger partial charge in [0, 0.05) is 38.4 Å². The maximum Gasteiger partial charge on any atom is 0.270 e. The predicted molar refractivity (Wildman–Crippen MR) is 81.7 cm³/mol. The van der Waals surface area contributed by atoms with Crippen molar-refractivity contribution in [1.82, 2.24) is 14.4 Å². The summed E-state index contributed by atoms with van der Waals surface area (Å²) in [7, 11) is 0. The van der Waals surface area contributed by atoms with E-state index >= 15 is 0 Å². The highest BCUT2D eigenvalue weighted by molar-refractivity contribution is 5.94. The fourth-order valence-corrected chi connectivity index (χ4v) is 2.95. The number of nitrogen functional groups attached to an aromatic ring is 1. The van der Waals surface area contributed by atoms with Crippen LogP contribution in [0.2, 0.25) is 0 Å². The Morgan fingerprint density at radius 3 is 2.75 bits per heavy atom. The molecule has 2 rings (SSSR count). The van der Waals surface area contributed by atoms with E-state index in [1.165, 1.54) is 0 Å². The Kier molecular flexibility index (Phi) is 4.70. The van der Waals surface area contributed by atoms with Crippen molar-refractivity contribution in [3.05, 3.63) is 18.0 Å². The molecule has 1 aliphatic rings. The first-order chi connectivity index (χ1) is 9.56. The zero-order valence-electron chi connectivity index (χ0n) is 12.8. The van der Waals surface area contributed by atoms with Gasteiger partial charge in [-0.1, -0.05) is 13.8 Å². The van der Waals surface area contributed by atoms with Gasteiger partial charge in [-0.3, -0.25) is 9.69 Å². The molecule has 0 spiro atoms. The lowest BCUT2D eigenvalue weighted by Gasteiger charge is -2.39. The quantitative estimate of drug-likeness (QED) is 0.911. The zero-order valence-corrected chi connectivity index (χ0v) is 12.8. The molecule has 2 N–H and O–H groups in total. The fraction of sp³-hybridized carbons (Fsp3) is 0.667. The van der Waals surface area contributed by atoms with Gasteiger partial charge in [-0.2, -0.15) is 0 Å². The van der Waals surface area contributed by atoms with E-state index in [9.17, 15) is 4.79 Å². The van der Waals surface area contributed by atoms with E-state index < -0.39 is 0 Å². The molecule has 2 heterocycles.